The van der Waals surface area contributed by atoms with Crippen molar-refractivity contribution in [2.45, 2.75) is 137 Å². The van der Waals surface area contributed by atoms with Gasteiger partial charge in [-0.15, -0.1) is 6.58 Å². The molecule has 0 N–H and O–H groups in total. The molecule has 0 aromatic carbocycles. The molecule has 1 saturated heterocycles. The highest BCUT2D eigenvalue weighted by Gasteiger charge is 2.52. The topological polar surface area (TPSA) is 27.7 Å². The maximum atomic E-state index is 7.08. The summed E-state index contributed by atoms with van der Waals surface area (Å²) in [5.41, 5.74) is 3.50. The fourth-order valence-electron chi connectivity index (χ4n) is 6.80. The van der Waals surface area contributed by atoms with Crippen LogP contribution >= 0.6 is 0 Å². The van der Waals surface area contributed by atoms with E-state index in [-0.39, 0.29) is 16.7 Å². The van der Waals surface area contributed by atoms with Gasteiger partial charge in [-0.05, 0) is 113 Å². The molecule has 0 radical (unpaired) electrons. The Kier molecular flexibility index (Phi) is 10.2. The summed E-state index contributed by atoms with van der Waals surface area (Å²) in [6.45, 7) is 25.8. The van der Waals surface area contributed by atoms with E-state index in [0.29, 0.717) is 17.3 Å². The lowest BCUT2D eigenvalue weighted by molar-refractivity contribution is -0.168. The molecule has 3 nitrogen and oxygen atoms in total. The van der Waals surface area contributed by atoms with Crippen LogP contribution in [0.2, 0.25) is 18.1 Å². The Balaban J connectivity index is 1.86. The predicted octanol–water partition coefficient (Wildman–Crippen LogP) is 9.45. The summed E-state index contributed by atoms with van der Waals surface area (Å²) in [4.78, 5) is 0. The van der Waals surface area contributed by atoms with Crippen molar-refractivity contribution in [3.63, 3.8) is 0 Å². The second-order valence-corrected chi connectivity index (χ2v) is 19.1. The summed E-state index contributed by atoms with van der Waals surface area (Å²) in [5, 5.41) is 0.218. The molecule has 2 fully saturated rings. The molecule has 3 rings (SSSR count). The Morgan fingerprint density at radius 3 is 2.56 bits per heavy atom. The predicted molar refractivity (Wildman–Crippen MR) is 156 cm³/mol. The van der Waals surface area contributed by atoms with Crippen LogP contribution in [0.15, 0.2) is 23.8 Å². The van der Waals surface area contributed by atoms with Crippen LogP contribution in [0.5, 0.6) is 0 Å². The minimum atomic E-state index is -1.87. The van der Waals surface area contributed by atoms with Crippen molar-refractivity contribution in [1.29, 1.82) is 0 Å². The number of fused-ring (bicyclic) bond motifs is 1. The molecule has 1 saturated carbocycles. The third kappa shape index (κ3) is 6.96. The second-order valence-electron chi connectivity index (χ2n) is 14.3. The van der Waals surface area contributed by atoms with Crippen LogP contribution in [0.1, 0.15) is 112 Å². The third-order valence-corrected chi connectivity index (χ3v) is 15.0. The van der Waals surface area contributed by atoms with E-state index in [1.54, 1.807) is 5.57 Å². The largest absolute Gasteiger partial charge is 0.416 e. The molecule has 0 bridgehead atoms. The summed E-state index contributed by atoms with van der Waals surface area (Å²) in [5.74, 6) is 1.28. The van der Waals surface area contributed by atoms with E-state index in [1.165, 1.54) is 56.9 Å². The van der Waals surface area contributed by atoms with Gasteiger partial charge in [-0.2, -0.15) is 0 Å². The van der Waals surface area contributed by atoms with Crippen molar-refractivity contribution < 1.29 is 13.9 Å². The molecule has 2 aliphatic carbocycles. The summed E-state index contributed by atoms with van der Waals surface area (Å²) in [6, 6.07) is 0. The zero-order valence-corrected chi connectivity index (χ0v) is 26.1. The van der Waals surface area contributed by atoms with Gasteiger partial charge in [0.1, 0.15) is 0 Å². The van der Waals surface area contributed by atoms with Crippen molar-refractivity contribution >= 4 is 8.32 Å². The lowest BCUT2D eigenvalue weighted by Gasteiger charge is -2.56. The van der Waals surface area contributed by atoms with E-state index in [9.17, 15) is 0 Å². The first-order valence-electron chi connectivity index (χ1n) is 15.0. The van der Waals surface area contributed by atoms with Crippen LogP contribution in [0, 0.1) is 22.7 Å². The van der Waals surface area contributed by atoms with Gasteiger partial charge in [-0.1, -0.05) is 51.8 Å². The number of rotatable bonds is 11. The van der Waals surface area contributed by atoms with Gasteiger partial charge in [0.25, 0.3) is 0 Å². The van der Waals surface area contributed by atoms with Gasteiger partial charge in [0.05, 0.1) is 6.61 Å². The average molecular weight is 519 g/mol. The van der Waals surface area contributed by atoms with E-state index in [2.05, 4.69) is 67.3 Å². The van der Waals surface area contributed by atoms with Crippen molar-refractivity contribution in [3.8, 4) is 0 Å². The van der Waals surface area contributed by atoms with Crippen LogP contribution in [-0.2, 0) is 13.9 Å². The van der Waals surface area contributed by atoms with E-state index in [1.807, 2.05) is 0 Å². The summed E-state index contributed by atoms with van der Waals surface area (Å²) < 4.78 is 19.4. The molecule has 1 unspecified atom stereocenters. The molecular formula is C32H58O3Si. The van der Waals surface area contributed by atoms with E-state index in [4.69, 9.17) is 13.9 Å². The Morgan fingerprint density at radius 2 is 1.92 bits per heavy atom. The normalized spacial score (nSPS) is 33.7. The van der Waals surface area contributed by atoms with Gasteiger partial charge in [-0.25, -0.2) is 0 Å². The first-order chi connectivity index (χ1) is 16.8. The van der Waals surface area contributed by atoms with Crippen LogP contribution in [-0.4, -0.2) is 34.4 Å². The lowest BCUT2D eigenvalue weighted by atomic mass is 9.50. The first-order valence-corrected chi connectivity index (χ1v) is 17.9. The first kappa shape index (κ1) is 30.1. The minimum Gasteiger partial charge on any atom is -0.416 e. The lowest BCUT2D eigenvalue weighted by Crippen LogP contribution is -2.51. The highest BCUT2D eigenvalue weighted by atomic mass is 28.4. The number of hydrogen-bond acceptors (Lipinski definition) is 3. The maximum Gasteiger partial charge on any atom is 0.192 e. The Bertz CT molecular complexity index is 760. The fraction of sp³-hybridized carbons (Fsp3) is 0.875. The molecule has 36 heavy (non-hydrogen) atoms. The number of hydrogen-bond donors (Lipinski definition) is 0. The zero-order chi connectivity index (χ0) is 26.6. The maximum absolute atomic E-state index is 7.08. The van der Waals surface area contributed by atoms with Crippen LogP contribution < -0.4 is 0 Å². The Labute approximate surface area is 225 Å². The Morgan fingerprint density at radius 1 is 1.17 bits per heavy atom. The van der Waals surface area contributed by atoms with Gasteiger partial charge >= 0.3 is 0 Å². The monoisotopic (exact) mass is 518 g/mol. The number of ether oxygens (including phenoxy) is 2. The van der Waals surface area contributed by atoms with Crippen molar-refractivity contribution in [3.05, 3.63) is 23.8 Å². The van der Waals surface area contributed by atoms with Gasteiger partial charge < -0.3 is 13.9 Å². The van der Waals surface area contributed by atoms with Gasteiger partial charge in [-0.3, -0.25) is 0 Å². The van der Waals surface area contributed by atoms with Crippen molar-refractivity contribution in [2.24, 2.45) is 22.7 Å². The quantitative estimate of drug-likeness (QED) is 0.201. The number of allylic oxidation sites excluding steroid dienone is 2. The highest BCUT2D eigenvalue weighted by Crippen LogP contribution is 2.60. The second kappa shape index (κ2) is 12.2. The Hall–Kier alpha value is -0.423. The summed E-state index contributed by atoms with van der Waals surface area (Å²) >= 11 is 0. The summed E-state index contributed by atoms with van der Waals surface area (Å²) in [7, 11) is -1.87. The molecule has 0 spiro atoms. The molecule has 4 heteroatoms. The van der Waals surface area contributed by atoms with E-state index >= 15 is 0 Å². The van der Waals surface area contributed by atoms with Gasteiger partial charge in [0.2, 0.25) is 0 Å². The molecular weight excluding hydrogens is 460 g/mol. The molecule has 5 atom stereocenters. The van der Waals surface area contributed by atoms with Gasteiger partial charge in [0, 0.05) is 18.6 Å². The molecule has 0 aromatic heterocycles. The molecule has 0 amide bonds. The summed E-state index contributed by atoms with van der Waals surface area (Å²) in [6.07, 6.45) is 16.0. The molecule has 208 valence electrons. The van der Waals surface area contributed by atoms with E-state index < -0.39 is 8.32 Å². The van der Waals surface area contributed by atoms with Crippen LogP contribution in [0.25, 0.3) is 0 Å². The average Bonchev–Trinajstić information content (AvgIpc) is 2.79. The third-order valence-electron chi connectivity index (χ3n) is 10.5. The van der Waals surface area contributed by atoms with Crippen LogP contribution in [0.3, 0.4) is 0 Å². The molecule has 0 aromatic rings. The minimum absolute atomic E-state index is 0.0143. The molecule has 1 heterocycles. The molecule has 1 aliphatic heterocycles. The highest BCUT2D eigenvalue weighted by molar-refractivity contribution is 6.74. The van der Waals surface area contributed by atoms with Crippen molar-refractivity contribution in [1.82, 2.24) is 0 Å². The SMILES string of the molecule is C=C(C)CCC[C@]1(C)CCC=C2[C@H]1CC[C@H](C)[C@]2(CCOC1CCCCO1)CO[Si](C)(C)C(C)(C)C. The van der Waals surface area contributed by atoms with Gasteiger partial charge in [0.15, 0.2) is 14.6 Å². The molecule has 3 aliphatic rings. The fourth-order valence-corrected chi connectivity index (χ4v) is 7.85. The standard InChI is InChI=1S/C32H58O3Si/c1-25(2)14-12-19-31(7)20-13-15-28-27(31)18-17-26(3)32(28,24-35-36(8,9)30(4,5)6)21-23-34-29-16-10-11-22-33-29/h15,26-27,29H,1,10-14,16-24H2,2-9H3/t26-,27+,29?,31+,32-/m0/s1. The van der Waals surface area contributed by atoms with Crippen LogP contribution in [0.4, 0.5) is 0 Å². The smallest absolute Gasteiger partial charge is 0.192 e. The zero-order valence-electron chi connectivity index (χ0n) is 25.1. The van der Waals surface area contributed by atoms with Crippen molar-refractivity contribution in [2.75, 3.05) is 19.8 Å². The van der Waals surface area contributed by atoms with E-state index in [0.717, 1.165) is 39.1 Å².